The summed E-state index contributed by atoms with van der Waals surface area (Å²) in [5.41, 5.74) is 0. The van der Waals surface area contributed by atoms with Gasteiger partial charge in [-0.3, -0.25) is 4.79 Å². The first-order valence-corrected chi connectivity index (χ1v) is 3.38. The summed E-state index contributed by atoms with van der Waals surface area (Å²) in [5.74, 6) is -0.693. The van der Waals surface area contributed by atoms with Crippen molar-refractivity contribution in [2.45, 2.75) is 26.2 Å². The third-order valence-electron chi connectivity index (χ3n) is 0.744. The Bertz CT molecular complexity index is 119. The van der Waals surface area contributed by atoms with E-state index >= 15 is 0 Å². The zero-order valence-corrected chi connectivity index (χ0v) is 6.77. The Hall–Kier alpha value is -0.690. The summed E-state index contributed by atoms with van der Waals surface area (Å²) in [4.78, 5) is 9.76. The zero-order chi connectivity index (χ0) is 8.41. The van der Waals surface area contributed by atoms with E-state index in [4.69, 9.17) is 10.4 Å². The van der Waals surface area contributed by atoms with Crippen molar-refractivity contribution in [2.24, 2.45) is 0 Å². The Balaban J connectivity index is 0. The molecule has 0 amide bonds. The molecule has 0 heterocycles. The topological polar surface area (TPSA) is 61.1 Å². The van der Waals surface area contributed by atoms with Crippen LogP contribution in [0.25, 0.3) is 0 Å². The van der Waals surface area contributed by atoms with Crippen LogP contribution in [0.15, 0.2) is 0 Å². The maximum absolute atomic E-state index is 9.76. The third-order valence-corrected chi connectivity index (χ3v) is 0.744. The highest BCUT2D eigenvalue weighted by Crippen LogP contribution is 1.91. The molecule has 0 fully saturated rings. The first-order chi connectivity index (χ1) is 4.68. The average Bonchev–Trinajstić information content (AvgIpc) is 1.85. The Labute approximate surface area is 66.1 Å². The van der Waals surface area contributed by atoms with Gasteiger partial charge in [-0.05, 0) is 6.42 Å². The maximum Gasteiger partial charge on any atom is 0.303 e. The number of nitriles is 1. The molecule has 0 unspecified atom stereocenters. The summed E-state index contributed by atoms with van der Waals surface area (Å²) in [6.45, 7) is 1.98. The number of carboxylic acids is 1. The molecule has 0 aliphatic heterocycles. The van der Waals surface area contributed by atoms with Crippen molar-refractivity contribution >= 4 is 18.6 Å². The highest BCUT2D eigenvalue weighted by Gasteiger charge is 1.90. The second kappa shape index (κ2) is 11.2. The van der Waals surface area contributed by atoms with Crippen LogP contribution in [-0.2, 0) is 4.79 Å². The van der Waals surface area contributed by atoms with E-state index in [0.29, 0.717) is 6.42 Å². The van der Waals surface area contributed by atoms with Gasteiger partial charge < -0.3 is 5.11 Å². The normalized spacial score (nSPS) is 6.90. The number of thiol groups is 1. The van der Waals surface area contributed by atoms with Gasteiger partial charge in [-0.1, -0.05) is 26.0 Å². The lowest BCUT2D eigenvalue weighted by molar-refractivity contribution is -0.137. The molecule has 10 heavy (non-hydrogen) atoms. The van der Waals surface area contributed by atoms with Gasteiger partial charge in [-0.2, -0.15) is 5.26 Å². The molecule has 0 atom stereocenters. The molecule has 0 spiro atoms. The van der Waals surface area contributed by atoms with Gasteiger partial charge in [0.15, 0.2) is 0 Å². The van der Waals surface area contributed by atoms with Crippen molar-refractivity contribution in [3.63, 3.8) is 0 Å². The van der Waals surface area contributed by atoms with E-state index < -0.39 is 5.97 Å². The van der Waals surface area contributed by atoms with Crippen LogP contribution in [0.4, 0.5) is 0 Å². The van der Waals surface area contributed by atoms with E-state index in [1.165, 1.54) is 5.40 Å². The Morgan fingerprint density at radius 3 is 2.30 bits per heavy atom. The minimum absolute atomic E-state index is 0.316. The van der Waals surface area contributed by atoms with Crippen molar-refractivity contribution in [3.8, 4) is 5.40 Å². The van der Waals surface area contributed by atoms with Crippen molar-refractivity contribution < 1.29 is 9.90 Å². The Morgan fingerprint density at radius 1 is 1.80 bits per heavy atom. The molecule has 0 aliphatic carbocycles. The molecule has 58 valence electrons. The predicted octanol–water partition coefficient (Wildman–Crippen LogP) is 1.66. The van der Waals surface area contributed by atoms with Gasteiger partial charge in [-0.25, -0.2) is 0 Å². The van der Waals surface area contributed by atoms with Crippen LogP contribution < -0.4 is 0 Å². The number of hydrogen-bond acceptors (Lipinski definition) is 3. The first kappa shape index (κ1) is 12.0. The predicted molar refractivity (Wildman–Crippen MR) is 41.8 cm³/mol. The molecule has 0 saturated heterocycles. The quantitative estimate of drug-likeness (QED) is 0.488. The zero-order valence-electron chi connectivity index (χ0n) is 5.87. The van der Waals surface area contributed by atoms with Gasteiger partial charge in [0.1, 0.15) is 5.40 Å². The van der Waals surface area contributed by atoms with Crippen LogP contribution >= 0.6 is 12.6 Å². The molecule has 0 aromatic rings. The number of carbonyl (C=O) groups is 1. The molecule has 0 saturated carbocycles. The molecule has 0 aromatic carbocycles. The summed E-state index contributed by atoms with van der Waals surface area (Å²) in [5, 5.41) is 16.7. The summed E-state index contributed by atoms with van der Waals surface area (Å²) in [6, 6.07) is 0. The van der Waals surface area contributed by atoms with Crippen molar-refractivity contribution in [1.82, 2.24) is 0 Å². The third kappa shape index (κ3) is 26.6. The van der Waals surface area contributed by atoms with E-state index in [2.05, 4.69) is 12.6 Å². The van der Waals surface area contributed by atoms with Crippen molar-refractivity contribution in [1.29, 1.82) is 5.26 Å². The largest absolute Gasteiger partial charge is 0.481 e. The van der Waals surface area contributed by atoms with Crippen LogP contribution in [-0.4, -0.2) is 11.1 Å². The van der Waals surface area contributed by atoms with Crippen LogP contribution in [0, 0.1) is 10.7 Å². The summed E-state index contributed by atoms with van der Waals surface area (Å²) in [6.07, 6.45) is 2.08. The number of thiocyanates is 1. The molecule has 0 rings (SSSR count). The standard InChI is InChI=1S/C5H10O2.CHNS/c1-2-3-4-5(6)7;2-1-3/h2-4H2,1H3,(H,6,7);3H. The molecule has 0 radical (unpaired) electrons. The number of nitrogens with zero attached hydrogens (tertiary/aromatic N) is 1. The molecule has 0 bridgehead atoms. The lowest BCUT2D eigenvalue weighted by Crippen LogP contribution is -1.91. The van der Waals surface area contributed by atoms with Crippen LogP contribution in [0.1, 0.15) is 26.2 Å². The number of carboxylic acid groups (broad SMARTS) is 1. The number of hydrogen-bond donors (Lipinski definition) is 2. The average molecular weight is 161 g/mol. The van der Waals surface area contributed by atoms with Crippen LogP contribution in [0.2, 0.25) is 0 Å². The number of rotatable bonds is 3. The van der Waals surface area contributed by atoms with Gasteiger partial charge in [0, 0.05) is 6.42 Å². The van der Waals surface area contributed by atoms with E-state index in [1.807, 2.05) is 6.92 Å². The van der Waals surface area contributed by atoms with Gasteiger partial charge in [0.05, 0.1) is 0 Å². The smallest absolute Gasteiger partial charge is 0.303 e. The highest BCUT2D eigenvalue weighted by molar-refractivity contribution is 7.85. The van der Waals surface area contributed by atoms with Gasteiger partial charge in [0.2, 0.25) is 0 Å². The second-order valence-electron chi connectivity index (χ2n) is 1.60. The first-order valence-electron chi connectivity index (χ1n) is 2.94. The lowest BCUT2D eigenvalue weighted by atomic mass is 10.3. The lowest BCUT2D eigenvalue weighted by Gasteiger charge is -1.85. The molecular formula is C6H11NO2S. The van der Waals surface area contributed by atoms with E-state index in [1.54, 1.807) is 0 Å². The number of unbranched alkanes of at least 4 members (excludes halogenated alkanes) is 1. The molecule has 1 N–H and O–H groups in total. The molecule has 4 heteroatoms. The molecule has 3 nitrogen and oxygen atoms in total. The van der Waals surface area contributed by atoms with Gasteiger partial charge in [0.25, 0.3) is 0 Å². The SMILES string of the molecule is CCCCC(=O)O.N#CS. The summed E-state index contributed by atoms with van der Waals surface area (Å²) >= 11 is 3.09. The second-order valence-corrected chi connectivity index (χ2v) is 1.80. The Kier molecular flexibility index (Phi) is 13.4. The van der Waals surface area contributed by atoms with Gasteiger partial charge >= 0.3 is 5.97 Å². The van der Waals surface area contributed by atoms with Crippen LogP contribution in [0.5, 0.6) is 0 Å². The molecule has 0 aromatic heterocycles. The summed E-state index contributed by atoms with van der Waals surface area (Å²) < 4.78 is 0. The fourth-order valence-corrected chi connectivity index (χ4v) is 0.328. The minimum atomic E-state index is -0.693. The van der Waals surface area contributed by atoms with Crippen LogP contribution in [0.3, 0.4) is 0 Å². The monoisotopic (exact) mass is 161 g/mol. The van der Waals surface area contributed by atoms with Crippen molar-refractivity contribution in [3.05, 3.63) is 0 Å². The fourth-order valence-electron chi connectivity index (χ4n) is 0.328. The Morgan fingerprint density at radius 2 is 2.20 bits per heavy atom. The number of aliphatic carboxylic acids is 1. The van der Waals surface area contributed by atoms with Gasteiger partial charge in [-0.15, -0.1) is 0 Å². The molecular weight excluding hydrogens is 150 g/mol. The van der Waals surface area contributed by atoms with E-state index in [0.717, 1.165) is 12.8 Å². The summed E-state index contributed by atoms with van der Waals surface area (Å²) in [7, 11) is 0. The molecule has 0 aliphatic rings. The highest BCUT2D eigenvalue weighted by atomic mass is 32.1. The fraction of sp³-hybridized carbons (Fsp3) is 0.667. The van der Waals surface area contributed by atoms with E-state index in [9.17, 15) is 4.79 Å². The minimum Gasteiger partial charge on any atom is -0.481 e. The van der Waals surface area contributed by atoms with E-state index in [-0.39, 0.29) is 0 Å². The maximum atomic E-state index is 9.76. The van der Waals surface area contributed by atoms with Crippen molar-refractivity contribution in [2.75, 3.05) is 0 Å².